The van der Waals surface area contributed by atoms with Crippen LogP contribution in [0.3, 0.4) is 0 Å². The van der Waals surface area contributed by atoms with Crippen molar-refractivity contribution in [2.24, 2.45) is 0 Å². The highest BCUT2D eigenvalue weighted by molar-refractivity contribution is 6.30. The second kappa shape index (κ2) is 7.74. The van der Waals surface area contributed by atoms with Crippen LogP contribution in [-0.2, 0) is 6.54 Å². The van der Waals surface area contributed by atoms with Crippen molar-refractivity contribution in [3.8, 4) is 0 Å². The van der Waals surface area contributed by atoms with E-state index in [2.05, 4.69) is 5.32 Å². The van der Waals surface area contributed by atoms with Crippen LogP contribution in [0.1, 0.15) is 25.8 Å². The van der Waals surface area contributed by atoms with Crippen LogP contribution in [0.25, 0.3) is 0 Å². The molecule has 1 aromatic carbocycles. The van der Waals surface area contributed by atoms with Gasteiger partial charge in [-0.1, -0.05) is 31.5 Å². The molecule has 2 nitrogen and oxygen atoms in total. The number of hydrogen-bond donors (Lipinski definition) is 1. The lowest BCUT2D eigenvalue weighted by molar-refractivity contribution is -0.119. The molecule has 0 aromatic heterocycles. The van der Waals surface area contributed by atoms with Gasteiger partial charge in [0.25, 0.3) is 0 Å². The van der Waals surface area contributed by atoms with Crippen molar-refractivity contribution in [1.82, 2.24) is 5.32 Å². The van der Waals surface area contributed by atoms with E-state index in [9.17, 15) is 13.2 Å². The molecule has 0 fully saturated rings. The quantitative estimate of drug-likeness (QED) is 0.811. The first-order chi connectivity index (χ1) is 9.37. The van der Waals surface area contributed by atoms with Gasteiger partial charge in [0.2, 0.25) is 0 Å². The summed E-state index contributed by atoms with van der Waals surface area (Å²) in [6.07, 6.45) is -3.59. The number of anilines is 1. The van der Waals surface area contributed by atoms with E-state index < -0.39 is 12.7 Å². The Hall–Kier alpha value is -0.940. The standard InChI is InChI=1S/C14H20ClF3N2/c1-3-7-20(10-14(16,17)18)13-8-12(15)6-5-11(13)9-19-4-2/h5-6,8,19H,3-4,7,9-10H2,1-2H3. The molecule has 0 bridgehead atoms. The zero-order valence-corrected chi connectivity index (χ0v) is 12.5. The van der Waals surface area contributed by atoms with E-state index in [1.807, 2.05) is 13.8 Å². The molecule has 0 aliphatic rings. The summed E-state index contributed by atoms with van der Waals surface area (Å²) in [7, 11) is 0. The smallest absolute Gasteiger partial charge is 0.362 e. The first-order valence-corrected chi connectivity index (χ1v) is 7.06. The van der Waals surface area contributed by atoms with Crippen molar-refractivity contribution in [3.63, 3.8) is 0 Å². The van der Waals surface area contributed by atoms with E-state index in [1.54, 1.807) is 18.2 Å². The van der Waals surface area contributed by atoms with E-state index >= 15 is 0 Å². The number of hydrogen-bond acceptors (Lipinski definition) is 2. The molecule has 0 heterocycles. The Morgan fingerprint density at radius 3 is 2.50 bits per heavy atom. The highest BCUT2D eigenvalue weighted by Gasteiger charge is 2.31. The second-order valence-corrected chi connectivity index (χ2v) is 5.03. The molecule has 0 unspecified atom stereocenters. The number of alkyl halides is 3. The lowest BCUT2D eigenvalue weighted by atomic mass is 10.1. The molecule has 0 aliphatic carbocycles. The maximum atomic E-state index is 12.7. The predicted molar refractivity (Wildman–Crippen MR) is 77.4 cm³/mol. The topological polar surface area (TPSA) is 15.3 Å². The van der Waals surface area contributed by atoms with Crippen LogP contribution < -0.4 is 10.2 Å². The van der Waals surface area contributed by atoms with Crippen LogP contribution >= 0.6 is 11.6 Å². The van der Waals surface area contributed by atoms with Crippen LogP contribution in [0.5, 0.6) is 0 Å². The SMILES string of the molecule is CCCN(CC(F)(F)F)c1cc(Cl)ccc1CNCC. The van der Waals surface area contributed by atoms with Crippen molar-refractivity contribution in [1.29, 1.82) is 0 Å². The van der Waals surface area contributed by atoms with Crippen LogP contribution in [0.4, 0.5) is 18.9 Å². The van der Waals surface area contributed by atoms with Crippen molar-refractivity contribution >= 4 is 17.3 Å². The molecule has 0 atom stereocenters. The summed E-state index contributed by atoms with van der Waals surface area (Å²) >= 11 is 5.94. The van der Waals surface area contributed by atoms with E-state index in [0.29, 0.717) is 30.2 Å². The lowest BCUT2D eigenvalue weighted by Crippen LogP contribution is -2.35. The van der Waals surface area contributed by atoms with Crippen LogP contribution in [0.2, 0.25) is 5.02 Å². The fraction of sp³-hybridized carbons (Fsp3) is 0.571. The number of nitrogens with zero attached hydrogens (tertiary/aromatic N) is 1. The molecule has 0 saturated carbocycles. The summed E-state index contributed by atoms with van der Waals surface area (Å²) in [5, 5.41) is 3.58. The Balaban J connectivity index is 3.06. The Morgan fingerprint density at radius 2 is 1.95 bits per heavy atom. The van der Waals surface area contributed by atoms with Gasteiger partial charge in [-0.15, -0.1) is 0 Å². The average Bonchev–Trinajstić information content (AvgIpc) is 2.35. The highest BCUT2D eigenvalue weighted by Crippen LogP contribution is 2.28. The molecular weight excluding hydrogens is 289 g/mol. The summed E-state index contributed by atoms with van der Waals surface area (Å²) in [5.41, 5.74) is 1.38. The van der Waals surface area contributed by atoms with E-state index in [0.717, 1.165) is 12.1 Å². The van der Waals surface area contributed by atoms with Gasteiger partial charge in [0.15, 0.2) is 0 Å². The third-order valence-corrected chi connectivity index (χ3v) is 3.05. The third-order valence-electron chi connectivity index (χ3n) is 2.82. The Bertz CT molecular complexity index is 421. The number of benzene rings is 1. The van der Waals surface area contributed by atoms with E-state index in [1.165, 1.54) is 4.90 Å². The molecule has 0 spiro atoms. The van der Waals surface area contributed by atoms with Gasteiger partial charge in [0.1, 0.15) is 6.54 Å². The minimum atomic E-state index is -4.23. The molecule has 1 rings (SSSR count). The first kappa shape index (κ1) is 17.1. The first-order valence-electron chi connectivity index (χ1n) is 6.68. The number of rotatable bonds is 7. The monoisotopic (exact) mass is 308 g/mol. The fourth-order valence-electron chi connectivity index (χ4n) is 2.01. The normalized spacial score (nSPS) is 11.7. The molecule has 0 aliphatic heterocycles. The molecule has 1 N–H and O–H groups in total. The predicted octanol–water partition coefficient (Wildman–Crippen LogP) is 4.23. The van der Waals surface area contributed by atoms with Crippen molar-refractivity contribution in [2.75, 3.05) is 24.5 Å². The minimum absolute atomic E-state index is 0.346. The molecule has 20 heavy (non-hydrogen) atoms. The molecule has 0 radical (unpaired) electrons. The Morgan fingerprint density at radius 1 is 1.25 bits per heavy atom. The second-order valence-electron chi connectivity index (χ2n) is 4.59. The van der Waals surface area contributed by atoms with Gasteiger partial charge in [-0.25, -0.2) is 0 Å². The molecule has 6 heteroatoms. The van der Waals surface area contributed by atoms with E-state index in [4.69, 9.17) is 11.6 Å². The van der Waals surface area contributed by atoms with Gasteiger partial charge in [0.05, 0.1) is 0 Å². The molecule has 114 valence electrons. The summed E-state index contributed by atoms with van der Waals surface area (Å²) in [4.78, 5) is 1.35. The zero-order valence-electron chi connectivity index (χ0n) is 11.7. The van der Waals surface area contributed by atoms with Crippen molar-refractivity contribution in [2.45, 2.75) is 33.0 Å². The van der Waals surface area contributed by atoms with E-state index in [-0.39, 0.29) is 0 Å². The highest BCUT2D eigenvalue weighted by atomic mass is 35.5. The van der Waals surface area contributed by atoms with Crippen molar-refractivity contribution in [3.05, 3.63) is 28.8 Å². The maximum absolute atomic E-state index is 12.7. The average molecular weight is 309 g/mol. The molecule has 0 saturated heterocycles. The largest absolute Gasteiger partial charge is 0.405 e. The van der Waals surface area contributed by atoms with Gasteiger partial charge < -0.3 is 10.2 Å². The minimum Gasteiger partial charge on any atom is -0.362 e. The summed E-state index contributed by atoms with van der Waals surface area (Å²) in [5.74, 6) is 0. The van der Waals surface area contributed by atoms with Gasteiger partial charge in [-0.3, -0.25) is 0 Å². The molecular formula is C14H20ClF3N2. The van der Waals surface area contributed by atoms with Gasteiger partial charge >= 0.3 is 6.18 Å². The van der Waals surface area contributed by atoms with Gasteiger partial charge in [-0.05, 0) is 30.7 Å². The summed E-state index contributed by atoms with van der Waals surface area (Å²) < 4.78 is 38.1. The third kappa shape index (κ3) is 5.59. The van der Waals surface area contributed by atoms with Crippen LogP contribution in [0.15, 0.2) is 18.2 Å². The number of nitrogens with one attached hydrogen (secondary N) is 1. The summed E-state index contributed by atoms with van der Waals surface area (Å²) in [6, 6.07) is 5.09. The van der Waals surface area contributed by atoms with Crippen LogP contribution in [0, 0.1) is 0 Å². The molecule has 1 aromatic rings. The number of halogens is 4. The lowest BCUT2D eigenvalue weighted by Gasteiger charge is -2.28. The Labute approximate surface area is 122 Å². The summed E-state index contributed by atoms with van der Waals surface area (Å²) in [6.45, 7) is 4.49. The van der Waals surface area contributed by atoms with Crippen molar-refractivity contribution < 1.29 is 13.2 Å². The molecule has 0 amide bonds. The zero-order chi connectivity index (χ0) is 15.2. The van der Waals surface area contributed by atoms with Gasteiger partial charge in [0, 0.05) is 23.8 Å². The fourth-order valence-corrected chi connectivity index (χ4v) is 2.18. The van der Waals surface area contributed by atoms with Gasteiger partial charge in [-0.2, -0.15) is 13.2 Å². The Kier molecular flexibility index (Phi) is 6.62. The van der Waals surface area contributed by atoms with Crippen LogP contribution in [-0.4, -0.2) is 25.8 Å². The maximum Gasteiger partial charge on any atom is 0.405 e.